The third-order valence-electron chi connectivity index (χ3n) is 3.45. The lowest BCUT2D eigenvalue weighted by atomic mass is 9.86. The van der Waals surface area contributed by atoms with E-state index in [9.17, 15) is 0 Å². The van der Waals surface area contributed by atoms with Crippen LogP contribution >= 0.6 is 11.6 Å². The maximum absolute atomic E-state index is 6.15. The molecule has 3 heteroatoms. The Morgan fingerprint density at radius 1 is 1.31 bits per heavy atom. The molecule has 1 aromatic carbocycles. The third kappa shape index (κ3) is 2.62. The molecule has 2 atom stereocenters. The van der Waals surface area contributed by atoms with Gasteiger partial charge in [-0.2, -0.15) is 0 Å². The van der Waals surface area contributed by atoms with Gasteiger partial charge in [0.15, 0.2) is 0 Å². The lowest BCUT2D eigenvalue weighted by molar-refractivity contribution is 0.349. The molecule has 1 aromatic rings. The van der Waals surface area contributed by atoms with Crippen LogP contribution in [-0.2, 0) is 0 Å². The Morgan fingerprint density at radius 2 is 2.06 bits per heavy atom. The number of anilines is 2. The average Bonchev–Trinajstić information content (AvgIpc) is 2.25. The van der Waals surface area contributed by atoms with Gasteiger partial charge in [-0.1, -0.05) is 31.4 Å². The second kappa shape index (κ2) is 4.96. The van der Waals surface area contributed by atoms with E-state index in [0.29, 0.717) is 11.7 Å². The number of halogens is 1. The quantitative estimate of drug-likeness (QED) is 0.767. The molecule has 2 nitrogen and oxygen atoms in total. The van der Waals surface area contributed by atoms with Crippen LogP contribution in [0.15, 0.2) is 18.2 Å². The predicted molar refractivity (Wildman–Crippen MR) is 70.9 cm³/mol. The molecule has 0 radical (unpaired) electrons. The van der Waals surface area contributed by atoms with Crippen LogP contribution in [-0.4, -0.2) is 6.04 Å². The topological polar surface area (TPSA) is 38.0 Å². The first kappa shape index (κ1) is 11.6. The Morgan fingerprint density at radius 3 is 2.75 bits per heavy atom. The highest BCUT2D eigenvalue weighted by molar-refractivity contribution is 6.33. The molecule has 0 spiro atoms. The van der Waals surface area contributed by atoms with Gasteiger partial charge >= 0.3 is 0 Å². The van der Waals surface area contributed by atoms with Crippen LogP contribution < -0.4 is 11.1 Å². The van der Waals surface area contributed by atoms with Gasteiger partial charge in [0, 0.05) is 11.7 Å². The van der Waals surface area contributed by atoms with Crippen molar-refractivity contribution in [2.75, 3.05) is 11.1 Å². The molecule has 0 bridgehead atoms. The Labute approximate surface area is 102 Å². The van der Waals surface area contributed by atoms with E-state index in [0.717, 1.165) is 16.6 Å². The van der Waals surface area contributed by atoms with Crippen molar-refractivity contribution in [3.8, 4) is 0 Å². The van der Waals surface area contributed by atoms with Gasteiger partial charge in [0.1, 0.15) is 0 Å². The Kier molecular flexibility index (Phi) is 3.59. The smallest absolute Gasteiger partial charge is 0.0658 e. The van der Waals surface area contributed by atoms with E-state index in [4.69, 9.17) is 17.3 Å². The molecule has 3 N–H and O–H groups in total. The van der Waals surface area contributed by atoms with E-state index in [2.05, 4.69) is 12.2 Å². The van der Waals surface area contributed by atoms with Gasteiger partial charge in [0.25, 0.3) is 0 Å². The largest absolute Gasteiger partial charge is 0.399 e. The van der Waals surface area contributed by atoms with Crippen molar-refractivity contribution in [3.63, 3.8) is 0 Å². The number of benzene rings is 1. The maximum Gasteiger partial charge on any atom is 0.0658 e. The predicted octanol–water partition coefficient (Wildman–Crippen LogP) is 3.91. The molecule has 1 aliphatic carbocycles. The molecular formula is C13H19ClN2. The summed E-state index contributed by atoms with van der Waals surface area (Å²) in [6.45, 7) is 2.31. The first-order valence-electron chi connectivity index (χ1n) is 5.98. The second-order valence-corrected chi connectivity index (χ2v) is 5.16. The summed E-state index contributed by atoms with van der Waals surface area (Å²) < 4.78 is 0. The molecule has 88 valence electrons. The zero-order valence-electron chi connectivity index (χ0n) is 9.67. The van der Waals surface area contributed by atoms with Crippen molar-refractivity contribution >= 4 is 23.0 Å². The molecular weight excluding hydrogens is 220 g/mol. The van der Waals surface area contributed by atoms with Crippen LogP contribution in [0, 0.1) is 5.92 Å². The third-order valence-corrected chi connectivity index (χ3v) is 3.76. The number of nitrogens with one attached hydrogen (secondary N) is 1. The van der Waals surface area contributed by atoms with Crippen LogP contribution in [0.2, 0.25) is 5.02 Å². The zero-order chi connectivity index (χ0) is 11.5. The molecule has 16 heavy (non-hydrogen) atoms. The van der Waals surface area contributed by atoms with Crippen LogP contribution in [0.25, 0.3) is 0 Å². The zero-order valence-corrected chi connectivity index (χ0v) is 10.4. The van der Waals surface area contributed by atoms with Crippen molar-refractivity contribution in [1.82, 2.24) is 0 Å². The van der Waals surface area contributed by atoms with Crippen LogP contribution in [0.5, 0.6) is 0 Å². The van der Waals surface area contributed by atoms with Crippen LogP contribution in [0.4, 0.5) is 11.4 Å². The SMILES string of the molecule is C[C@@H]1CCCC[C@H]1Nc1ccc(N)cc1Cl. The standard InChI is InChI=1S/C13H19ClN2/c1-9-4-2-3-5-12(9)16-13-7-6-10(15)8-11(13)14/h6-9,12,16H,2-5,15H2,1H3/t9-,12-/m1/s1. The van der Waals surface area contributed by atoms with Gasteiger partial charge < -0.3 is 11.1 Å². The lowest BCUT2D eigenvalue weighted by Gasteiger charge is -2.30. The molecule has 1 saturated carbocycles. The first-order valence-corrected chi connectivity index (χ1v) is 6.36. The number of hydrogen-bond donors (Lipinski definition) is 2. The van der Waals surface area contributed by atoms with Crippen molar-refractivity contribution < 1.29 is 0 Å². The van der Waals surface area contributed by atoms with Gasteiger partial charge in [0.05, 0.1) is 10.7 Å². The van der Waals surface area contributed by atoms with Crippen LogP contribution in [0.1, 0.15) is 32.6 Å². The van der Waals surface area contributed by atoms with E-state index >= 15 is 0 Å². The molecule has 0 aliphatic heterocycles. The second-order valence-electron chi connectivity index (χ2n) is 4.75. The number of nitrogens with two attached hydrogens (primary N) is 1. The van der Waals surface area contributed by atoms with Crippen LogP contribution in [0.3, 0.4) is 0 Å². The Bertz CT molecular complexity index is 365. The minimum Gasteiger partial charge on any atom is -0.399 e. The summed E-state index contributed by atoms with van der Waals surface area (Å²) in [5, 5.41) is 4.26. The summed E-state index contributed by atoms with van der Waals surface area (Å²) in [7, 11) is 0. The van der Waals surface area contributed by atoms with Gasteiger partial charge in [-0.15, -0.1) is 0 Å². The van der Waals surface area contributed by atoms with E-state index in [1.54, 1.807) is 6.07 Å². The normalized spacial score (nSPS) is 25.4. The summed E-state index contributed by atoms with van der Waals surface area (Å²) in [6, 6.07) is 6.22. The summed E-state index contributed by atoms with van der Waals surface area (Å²) in [5.74, 6) is 0.724. The van der Waals surface area contributed by atoms with E-state index in [1.165, 1.54) is 25.7 Å². The molecule has 0 heterocycles. The molecule has 0 amide bonds. The van der Waals surface area contributed by atoms with Crippen molar-refractivity contribution in [2.45, 2.75) is 38.6 Å². The molecule has 0 unspecified atom stereocenters. The highest BCUT2D eigenvalue weighted by atomic mass is 35.5. The summed E-state index contributed by atoms with van der Waals surface area (Å²) >= 11 is 6.15. The van der Waals surface area contributed by atoms with E-state index in [1.807, 2.05) is 12.1 Å². The number of hydrogen-bond acceptors (Lipinski definition) is 2. The van der Waals surface area contributed by atoms with E-state index < -0.39 is 0 Å². The average molecular weight is 239 g/mol. The van der Waals surface area contributed by atoms with Crippen molar-refractivity contribution in [1.29, 1.82) is 0 Å². The molecule has 2 rings (SSSR count). The van der Waals surface area contributed by atoms with Crippen molar-refractivity contribution in [3.05, 3.63) is 23.2 Å². The summed E-state index contributed by atoms with van der Waals surface area (Å²) in [5.41, 5.74) is 7.40. The lowest BCUT2D eigenvalue weighted by Crippen LogP contribution is -2.30. The minimum absolute atomic E-state index is 0.551. The Balaban J connectivity index is 2.07. The van der Waals surface area contributed by atoms with Gasteiger partial charge in [-0.3, -0.25) is 0 Å². The highest BCUT2D eigenvalue weighted by Gasteiger charge is 2.21. The minimum atomic E-state index is 0.551. The summed E-state index contributed by atoms with van der Waals surface area (Å²) in [6.07, 6.45) is 5.22. The molecule has 1 aliphatic rings. The fourth-order valence-electron chi connectivity index (χ4n) is 2.38. The monoisotopic (exact) mass is 238 g/mol. The molecule has 0 saturated heterocycles. The number of nitrogen functional groups attached to an aromatic ring is 1. The molecule has 1 fully saturated rings. The van der Waals surface area contributed by atoms with Crippen molar-refractivity contribution in [2.24, 2.45) is 5.92 Å². The van der Waals surface area contributed by atoms with E-state index in [-0.39, 0.29) is 0 Å². The van der Waals surface area contributed by atoms with Gasteiger partial charge in [-0.05, 0) is 37.0 Å². The fourth-order valence-corrected chi connectivity index (χ4v) is 2.62. The summed E-state index contributed by atoms with van der Waals surface area (Å²) in [4.78, 5) is 0. The molecule has 0 aromatic heterocycles. The Hall–Kier alpha value is -0.890. The number of rotatable bonds is 2. The maximum atomic E-state index is 6.15. The first-order chi connectivity index (χ1) is 7.66. The fraction of sp³-hybridized carbons (Fsp3) is 0.538. The van der Waals surface area contributed by atoms with Gasteiger partial charge in [0.2, 0.25) is 0 Å². The highest BCUT2D eigenvalue weighted by Crippen LogP contribution is 2.30. The van der Waals surface area contributed by atoms with Gasteiger partial charge in [-0.25, -0.2) is 0 Å².